The van der Waals surface area contributed by atoms with Gasteiger partial charge in [-0.3, -0.25) is 4.79 Å². The van der Waals surface area contributed by atoms with Gasteiger partial charge in [0.1, 0.15) is 53.1 Å². The Hall–Kier alpha value is -3.35. The summed E-state index contributed by atoms with van der Waals surface area (Å²) in [6.45, 7) is -0.631. The molecule has 3 aromatic rings. The van der Waals surface area contributed by atoms with Crippen LogP contribution in [0.3, 0.4) is 0 Å². The van der Waals surface area contributed by atoms with Crippen LogP contribution in [-0.2, 0) is 4.74 Å². The SMILES string of the molecule is COc1cc(-c2coc3cc(O[C@@H]4O[C@H](CO)[C@@H](O)[C@H](O)[C@@H]4O)cc(O)c3c2=O)ccc1O. The molecule has 0 aliphatic carbocycles. The first-order chi connectivity index (χ1) is 15.7. The summed E-state index contributed by atoms with van der Waals surface area (Å²) < 4.78 is 21.3. The molecule has 1 aliphatic heterocycles. The van der Waals surface area contributed by atoms with E-state index in [1.807, 2.05) is 0 Å². The van der Waals surface area contributed by atoms with Crippen molar-refractivity contribution in [3.05, 3.63) is 46.8 Å². The third-order valence-electron chi connectivity index (χ3n) is 5.42. The second-order valence-electron chi connectivity index (χ2n) is 7.50. The standard InChI is InChI=1S/C22H22O11/c1-30-14-4-9(2-3-12(14)24)11-8-31-15-6-10(5-13(25)17(15)18(11)26)32-22-21(29)20(28)19(27)16(7-23)33-22/h2-6,8,16,19-25,27-29H,7H2,1H3/t16-,19-,20+,21+,22-/m1/s1. The van der Waals surface area contributed by atoms with Crippen LogP contribution in [0.2, 0.25) is 0 Å². The van der Waals surface area contributed by atoms with Gasteiger partial charge in [0.15, 0.2) is 11.5 Å². The Labute approximate surface area is 186 Å². The molecule has 2 aromatic carbocycles. The van der Waals surface area contributed by atoms with Crippen LogP contribution < -0.4 is 14.9 Å². The normalized spacial score (nSPS) is 25.2. The number of phenols is 2. The van der Waals surface area contributed by atoms with E-state index in [-0.39, 0.29) is 33.8 Å². The minimum absolute atomic E-state index is 0.0333. The summed E-state index contributed by atoms with van der Waals surface area (Å²) in [6.07, 6.45) is -6.33. The van der Waals surface area contributed by atoms with Gasteiger partial charge in [0.25, 0.3) is 0 Å². The zero-order valence-corrected chi connectivity index (χ0v) is 17.3. The number of phenolic OH excluding ortho intramolecular Hbond substituents is 2. The molecule has 176 valence electrons. The van der Waals surface area contributed by atoms with Crippen molar-refractivity contribution in [1.82, 2.24) is 0 Å². The summed E-state index contributed by atoms with van der Waals surface area (Å²) >= 11 is 0. The largest absolute Gasteiger partial charge is 0.507 e. The summed E-state index contributed by atoms with van der Waals surface area (Å²) in [6, 6.07) is 6.67. The van der Waals surface area contributed by atoms with E-state index >= 15 is 0 Å². The van der Waals surface area contributed by atoms with Gasteiger partial charge in [-0.15, -0.1) is 0 Å². The van der Waals surface area contributed by atoms with Gasteiger partial charge in [-0.25, -0.2) is 0 Å². The molecule has 5 atom stereocenters. The number of aromatic hydroxyl groups is 2. The topological polar surface area (TPSA) is 179 Å². The number of hydrogen-bond donors (Lipinski definition) is 6. The van der Waals surface area contributed by atoms with Crippen molar-refractivity contribution in [3.63, 3.8) is 0 Å². The van der Waals surface area contributed by atoms with E-state index in [2.05, 4.69) is 0 Å². The van der Waals surface area contributed by atoms with E-state index in [0.717, 1.165) is 6.07 Å². The van der Waals surface area contributed by atoms with E-state index in [1.54, 1.807) is 0 Å². The quantitative estimate of drug-likeness (QED) is 0.302. The van der Waals surface area contributed by atoms with Crippen LogP contribution >= 0.6 is 0 Å². The van der Waals surface area contributed by atoms with Crippen LogP contribution in [0.5, 0.6) is 23.0 Å². The van der Waals surface area contributed by atoms with E-state index in [0.29, 0.717) is 5.56 Å². The van der Waals surface area contributed by atoms with Gasteiger partial charge >= 0.3 is 0 Å². The highest BCUT2D eigenvalue weighted by atomic mass is 16.7. The molecule has 0 saturated carbocycles. The Morgan fingerprint density at radius 1 is 1.00 bits per heavy atom. The first-order valence-electron chi connectivity index (χ1n) is 9.88. The van der Waals surface area contributed by atoms with Crippen molar-refractivity contribution in [2.24, 2.45) is 0 Å². The molecule has 0 unspecified atom stereocenters. The van der Waals surface area contributed by atoms with Crippen molar-refractivity contribution in [2.45, 2.75) is 30.7 Å². The molecule has 1 aromatic heterocycles. The molecule has 1 fully saturated rings. The lowest BCUT2D eigenvalue weighted by Gasteiger charge is -2.39. The highest BCUT2D eigenvalue weighted by molar-refractivity contribution is 5.88. The minimum Gasteiger partial charge on any atom is -0.507 e. The van der Waals surface area contributed by atoms with E-state index in [1.165, 1.54) is 37.6 Å². The minimum atomic E-state index is -1.65. The smallest absolute Gasteiger partial charge is 0.229 e. The van der Waals surface area contributed by atoms with Crippen molar-refractivity contribution in [1.29, 1.82) is 0 Å². The Kier molecular flexibility index (Phi) is 6.15. The average molecular weight is 462 g/mol. The zero-order chi connectivity index (χ0) is 23.9. The van der Waals surface area contributed by atoms with Crippen molar-refractivity contribution in [2.75, 3.05) is 13.7 Å². The van der Waals surface area contributed by atoms with Crippen LogP contribution in [0, 0.1) is 0 Å². The maximum atomic E-state index is 13.0. The number of hydrogen-bond acceptors (Lipinski definition) is 11. The molecule has 0 spiro atoms. The second kappa shape index (κ2) is 8.89. The van der Waals surface area contributed by atoms with Gasteiger partial charge in [-0.2, -0.15) is 0 Å². The molecule has 11 nitrogen and oxygen atoms in total. The van der Waals surface area contributed by atoms with Crippen molar-refractivity contribution < 1.29 is 49.3 Å². The Balaban J connectivity index is 1.69. The molecule has 0 bridgehead atoms. The number of fused-ring (bicyclic) bond motifs is 1. The van der Waals surface area contributed by atoms with Gasteiger partial charge < -0.3 is 49.3 Å². The van der Waals surface area contributed by atoms with Gasteiger partial charge in [0.05, 0.1) is 19.3 Å². The summed E-state index contributed by atoms with van der Waals surface area (Å²) in [5.41, 5.74) is -0.0879. The van der Waals surface area contributed by atoms with E-state index < -0.39 is 48.5 Å². The van der Waals surface area contributed by atoms with Crippen LogP contribution in [-0.4, -0.2) is 75.1 Å². The Bertz CT molecular complexity index is 1220. The first kappa shape index (κ1) is 22.8. The van der Waals surface area contributed by atoms with Crippen LogP contribution in [0.4, 0.5) is 0 Å². The van der Waals surface area contributed by atoms with Crippen LogP contribution in [0.15, 0.2) is 45.8 Å². The molecule has 0 radical (unpaired) electrons. The Morgan fingerprint density at radius 2 is 1.76 bits per heavy atom. The lowest BCUT2D eigenvalue weighted by atomic mass is 9.99. The summed E-state index contributed by atoms with van der Waals surface area (Å²) in [5, 5.41) is 59.3. The number of aliphatic hydroxyl groups is 4. The molecule has 1 aliphatic rings. The Morgan fingerprint density at radius 3 is 2.45 bits per heavy atom. The lowest BCUT2D eigenvalue weighted by Crippen LogP contribution is -2.60. The van der Waals surface area contributed by atoms with Gasteiger partial charge in [0.2, 0.25) is 11.7 Å². The van der Waals surface area contributed by atoms with Crippen molar-refractivity contribution >= 4 is 11.0 Å². The van der Waals surface area contributed by atoms with Crippen LogP contribution in [0.25, 0.3) is 22.1 Å². The third-order valence-corrected chi connectivity index (χ3v) is 5.42. The fourth-order valence-corrected chi connectivity index (χ4v) is 3.62. The van der Waals surface area contributed by atoms with E-state index in [4.69, 9.17) is 18.6 Å². The fourth-order valence-electron chi connectivity index (χ4n) is 3.62. The molecule has 4 rings (SSSR count). The van der Waals surface area contributed by atoms with Gasteiger partial charge in [-0.1, -0.05) is 6.07 Å². The van der Waals surface area contributed by atoms with Crippen molar-refractivity contribution in [3.8, 4) is 34.1 Å². The maximum Gasteiger partial charge on any atom is 0.229 e. The maximum absolute atomic E-state index is 13.0. The first-order valence-corrected chi connectivity index (χ1v) is 9.88. The molecule has 1 saturated heterocycles. The predicted molar refractivity (Wildman–Crippen MR) is 112 cm³/mol. The molecule has 0 amide bonds. The number of aliphatic hydroxyl groups excluding tert-OH is 4. The van der Waals surface area contributed by atoms with Gasteiger partial charge in [-0.05, 0) is 17.7 Å². The molecule has 33 heavy (non-hydrogen) atoms. The average Bonchev–Trinajstić information content (AvgIpc) is 2.80. The molecule has 2 heterocycles. The van der Waals surface area contributed by atoms with E-state index in [9.17, 15) is 35.4 Å². The molecular weight excluding hydrogens is 440 g/mol. The van der Waals surface area contributed by atoms with Gasteiger partial charge in [0, 0.05) is 12.1 Å². The second-order valence-corrected chi connectivity index (χ2v) is 7.50. The lowest BCUT2D eigenvalue weighted by molar-refractivity contribution is -0.277. The highest BCUT2D eigenvalue weighted by Crippen LogP contribution is 2.34. The molecular formula is C22H22O11. The predicted octanol–water partition coefficient (Wildman–Crippen LogP) is 0.0585. The summed E-state index contributed by atoms with van der Waals surface area (Å²) in [4.78, 5) is 13.0. The molecule has 6 N–H and O–H groups in total. The van der Waals surface area contributed by atoms with Crippen LogP contribution in [0.1, 0.15) is 0 Å². The third kappa shape index (κ3) is 4.08. The zero-order valence-electron chi connectivity index (χ0n) is 17.3. The fraction of sp³-hybridized carbons (Fsp3) is 0.318. The summed E-state index contributed by atoms with van der Waals surface area (Å²) in [5.74, 6) is -0.497. The number of methoxy groups -OCH3 is 1. The molecule has 11 heteroatoms. The monoisotopic (exact) mass is 462 g/mol. The number of benzene rings is 2. The number of ether oxygens (including phenoxy) is 3. The highest BCUT2D eigenvalue weighted by Gasteiger charge is 2.44. The summed E-state index contributed by atoms with van der Waals surface area (Å²) in [7, 11) is 1.37. The number of rotatable bonds is 5.